The molecule has 0 bridgehead atoms. The second-order valence-corrected chi connectivity index (χ2v) is 8.94. The number of nitrogens with one attached hydrogen (secondary N) is 1. The number of para-hydroxylation sites is 1. The Morgan fingerprint density at radius 2 is 1.66 bits per heavy atom. The summed E-state index contributed by atoms with van der Waals surface area (Å²) in [6, 6.07) is 17.0. The van der Waals surface area contributed by atoms with E-state index in [4.69, 9.17) is 4.74 Å². The molecule has 0 aromatic heterocycles. The summed E-state index contributed by atoms with van der Waals surface area (Å²) in [5, 5.41) is 2.80. The van der Waals surface area contributed by atoms with Gasteiger partial charge in [-0.2, -0.15) is 0 Å². The van der Waals surface area contributed by atoms with E-state index in [-0.39, 0.29) is 10.5 Å². The average Bonchev–Trinajstić information content (AvgIpc) is 2.83. The fourth-order valence-corrected chi connectivity index (χ4v) is 4.57. The number of hydrogen-bond acceptors (Lipinski definition) is 4. The van der Waals surface area contributed by atoms with Crippen LogP contribution in [-0.2, 0) is 10.0 Å². The number of ether oxygens (including phenoxy) is 1. The molecule has 1 heterocycles. The van der Waals surface area contributed by atoms with E-state index in [1.807, 2.05) is 38.1 Å². The molecule has 0 fully saturated rings. The molecule has 29 heavy (non-hydrogen) atoms. The first-order valence-electron chi connectivity index (χ1n) is 9.06. The van der Waals surface area contributed by atoms with Crippen molar-refractivity contribution in [3.05, 3.63) is 77.4 Å². The fourth-order valence-electron chi connectivity index (χ4n) is 3.28. The van der Waals surface area contributed by atoms with Gasteiger partial charge < -0.3 is 10.1 Å². The van der Waals surface area contributed by atoms with Crippen molar-refractivity contribution < 1.29 is 17.9 Å². The lowest BCUT2D eigenvalue weighted by Crippen LogP contribution is -2.27. The van der Waals surface area contributed by atoms with Crippen molar-refractivity contribution in [3.63, 3.8) is 0 Å². The number of anilines is 2. The third-order valence-electron chi connectivity index (χ3n) is 4.91. The van der Waals surface area contributed by atoms with Crippen LogP contribution in [0.3, 0.4) is 0 Å². The molecule has 0 unspecified atom stereocenters. The Morgan fingerprint density at radius 1 is 0.931 bits per heavy atom. The molecule has 7 heteroatoms. The van der Waals surface area contributed by atoms with Crippen molar-refractivity contribution in [2.45, 2.75) is 18.7 Å². The standard InChI is InChI=1S/C22H20N2O4S/c1-14-8-10-21-18(12-14)23-22(25)17-13-16(9-11-20(17)28-21)29(26,27)24(3)19-7-5-4-6-15(19)2/h4-13H,1-3H3,(H,23,25). The van der Waals surface area contributed by atoms with Gasteiger partial charge in [0, 0.05) is 7.05 Å². The summed E-state index contributed by atoms with van der Waals surface area (Å²) in [5.74, 6) is 0.401. The zero-order valence-corrected chi connectivity index (χ0v) is 17.1. The molecule has 6 nitrogen and oxygen atoms in total. The fraction of sp³-hybridized carbons (Fsp3) is 0.136. The number of sulfonamides is 1. The average molecular weight is 408 g/mol. The Morgan fingerprint density at radius 3 is 2.41 bits per heavy atom. The maximum absolute atomic E-state index is 13.2. The minimum absolute atomic E-state index is 0.0166. The molecule has 0 radical (unpaired) electrons. The van der Waals surface area contributed by atoms with E-state index in [1.165, 1.54) is 29.6 Å². The van der Waals surface area contributed by atoms with Crippen LogP contribution in [0.2, 0.25) is 0 Å². The molecule has 3 aromatic carbocycles. The summed E-state index contributed by atoms with van der Waals surface area (Å²) in [5.41, 5.74) is 3.10. The van der Waals surface area contributed by atoms with Gasteiger partial charge in [0.2, 0.25) is 0 Å². The number of fused-ring (bicyclic) bond motifs is 2. The number of hydrogen-bond donors (Lipinski definition) is 1. The number of rotatable bonds is 3. The molecule has 0 saturated heterocycles. The van der Waals surface area contributed by atoms with Gasteiger partial charge in [-0.1, -0.05) is 24.3 Å². The van der Waals surface area contributed by atoms with E-state index in [0.717, 1.165) is 11.1 Å². The normalized spacial score (nSPS) is 12.9. The van der Waals surface area contributed by atoms with Crippen LogP contribution in [0.5, 0.6) is 11.5 Å². The molecular formula is C22H20N2O4S. The van der Waals surface area contributed by atoms with E-state index in [0.29, 0.717) is 22.9 Å². The molecule has 0 atom stereocenters. The van der Waals surface area contributed by atoms with E-state index >= 15 is 0 Å². The first kappa shape index (κ1) is 19.0. The van der Waals surface area contributed by atoms with Crippen LogP contribution in [0, 0.1) is 13.8 Å². The third kappa shape index (κ3) is 3.34. The van der Waals surface area contributed by atoms with Crippen LogP contribution in [0.25, 0.3) is 0 Å². The highest BCUT2D eigenvalue weighted by Gasteiger charge is 2.27. The zero-order valence-electron chi connectivity index (χ0n) is 16.3. The van der Waals surface area contributed by atoms with Crippen LogP contribution in [-0.4, -0.2) is 21.4 Å². The summed E-state index contributed by atoms with van der Waals surface area (Å²) in [4.78, 5) is 12.8. The molecule has 148 valence electrons. The van der Waals surface area contributed by atoms with E-state index < -0.39 is 15.9 Å². The van der Waals surface area contributed by atoms with Crippen molar-refractivity contribution in [1.29, 1.82) is 0 Å². The van der Waals surface area contributed by atoms with Gasteiger partial charge in [0.05, 0.1) is 21.8 Å². The van der Waals surface area contributed by atoms with Crippen LogP contribution < -0.4 is 14.4 Å². The quantitative estimate of drug-likeness (QED) is 0.693. The molecule has 1 amide bonds. The Bertz CT molecular complexity index is 1240. The van der Waals surface area contributed by atoms with E-state index in [2.05, 4.69) is 5.32 Å². The van der Waals surface area contributed by atoms with Crippen LogP contribution >= 0.6 is 0 Å². The highest BCUT2D eigenvalue weighted by molar-refractivity contribution is 7.92. The first-order chi connectivity index (χ1) is 13.8. The minimum atomic E-state index is -3.86. The number of carbonyl (C=O) groups is 1. The number of nitrogens with zero attached hydrogens (tertiary/aromatic N) is 1. The SMILES string of the molecule is Cc1ccc2c(c1)NC(=O)c1cc(S(=O)(=O)N(C)c3ccccc3C)ccc1O2. The van der Waals surface area contributed by atoms with Crippen molar-refractivity contribution in [2.24, 2.45) is 0 Å². The highest BCUT2D eigenvalue weighted by Crippen LogP contribution is 2.37. The topological polar surface area (TPSA) is 75.7 Å². The Kier molecular flexibility index (Phi) is 4.55. The highest BCUT2D eigenvalue weighted by atomic mass is 32.2. The largest absolute Gasteiger partial charge is 0.454 e. The summed E-state index contributed by atoms with van der Waals surface area (Å²) < 4.78 is 33.4. The lowest BCUT2D eigenvalue weighted by atomic mass is 10.2. The Hall–Kier alpha value is -3.32. The van der Waals surface area contributed by atoms with Gasteiger partial charge in [-0.3, -0.25) is 9.10 Å². The summed E-state index contributed by atoms with van der Waals surface area (Å²) in [6.45, 7) is 3.76. The lowest BCUT2D eigenvalue weighted by molar-refractivity contribution is 0.102. The van der Waals surface area contributed by atoms with Gasteiger partial charge >= 0.3 is 0 Å². The monoisotopic (exact) mass is 408 g/mol. The molecule has 1 aliphatic rings. The summed E-state index contributed by atoms with van der Waals surface area (Å²) in [6.07, 6.45) is 0. The number of benzene rings is 3. The van der Waals surface area contributed by atoms with Gasteiger partial charge in [0.15, 0.2) is 5.75 Å². The van der Waals surface area contributed by atoms with Crippen LogP contribution in [0.4, 0.5) is 11.4 Å². The number of carbonyl (C=O) groups excluding carboxylic acids is 1. The number of aryl methyl sites for hydroxylation is 2. The maximum Gasteiger partial charge on any atom is 0.264 e. The predicted octanol–water partition coefficient (Wildman–Crippen LogP) is 4.49. The molecule has 0 spiro atoms. The summed E-state index contributed by atoms with van der Waals surface area (Å²) >= 11 is 0. The molecule has 1 aliphatic heterocycles. The molecule has 1 N–H and O–H groups in total. The lowest BCUT2D eigenvalue weighted by Gasteiger charge is -2.21. The molecule has 4 rings (SSSR count). The summed E-state index contributed by atoms with van der Waals surface area (Å²) in [7, 11) is -2.36. The maximum atomic E-state index is 13.2. The van der Waals surface area contributed by atoms with Gasteiger partial charge in [-0.25, -0.2) is 8.42 Å². The third-order valence-corrected chi connectivity index (χ3v) is 6.68. The second-order valence-electron chi connectivity index (χ2n) is 6.97. The Labute approximate surface area is 169 Å². The van der Waals surface area contributed by atoms with Gasteiger partial charge in [-0.15, -0.1) is 0 Å². The van der Waals surface area contributed by atoms with Crippen molar-refractivity contribution in [2.75, 3.05) is 16.7 Å². The van der Waals surface area contributed by atoms with Crippen molar-refractivity contribution >= 4 is 27.3 Å². The number of amides is 1. The van der Waals surface area contributed by atoms with Gasteiger partial charge in [-0.05, 0) is 61.4 Å². The van der Waals surface area contributed by atoms with Gasteiger partial charge in [0.1, 0.15) is 5.75 Å². The van der Waals surface area contributed by atoms with Gasteiger partial charge in [0.25, 0.3) is 15.9 Å². The Balaban J connectivity index is 1.76. The van der Waals surface area contributed by atoms with Crippen LogP contribution in [0.1, 0.15) is 21.5 Å². The minimum Gasteiger partial charge on any atom is -0.454 e. The predicted molar refractivity (Wildman–Crippen MR) is 112 cm³/mol. The van der Waals surface area contributed by atoms with Crippen LogP contribution in [0.15, 0.2) is 65.6 Å². The van der Waals surface area contributed by atoms with E-state index in [1.54, 1.807) is 18.2 Å². The van der Waals surface area contributed by atoms with Crippen molar-refractivity contribution in [1.82, 2.24) is 0 Å². The zero-order chi connectivity index (χ0) is 20.8. The molecular weight excluding hydrogens is 388 g/mol. The smallest absolute Gasteiger partial charge is 0.264 e. The molecule has 0 saturated carbocycles. The second kappa shape index (κ2) is 6.93. The molecule has 3 aromatic rings. The first-order valence-corrected chi connectivity index (χ1v) is 10.5. The molecule has 0 aliphatic carbocycles. The van der Waals surface area contributed by atoms with Crippen molar-refractivity contribution in [3.8, 4) is 11.5 Å². The van der Waals surface area contributed by atoms with E-state index in [9.17, 15) is 13.2 Å².